The Morgan fingerprint density at radius 3 is 2.79 bits per heavy atom. The molecule has 1 aliphatic rings. The minimum Gasteiger partial charge on any atom is -0.486 e. The van der Waals surface area contributed by atoms with Crippen molar-refractivity contribution in [2.45, 2.75) is 13.1 Å². The Bertz CT molecular complexity index is 1230. The molecule has 0 saturated heterocycles. The zero-order chi connectivity index (χ0) is 22.5. The molecule has 0 fully saturated rings. The van der Waals surface area contributed by atoms with Gasteiger partial charge in [-0.15, -0.1) is 0 Å². The van der Waals surface area contributed by atoms with E-state index in [0.29, 0.717) is 24.8 Å². The number of H-pyrrole nitrogens is 1. The first-order valence-corrected chi connectivity index (χ1v) is 10.8. The van der Waals surface area contributed by atoms with Gasteiger partial charge in [0, 0.05) is 36.2 Å². The summed E-state index contributed by atoms with van der Waals surface area (Å²) in [7, 11) is 1.62. The molecular formula is C25H25N5O3. The lowest BCUT2D eigenvalue weighted by Gasteiger charge is -2.21. The second-order valence-corrected chi connectivity index (χ2v) is 7.59. The number of aromatic nitrogens is 3. The van der Waals surface area contributed by atoms with E-state index in [2.05, 4.69) is 33.0 Å². The number of aromatic amines is 1. The lowest BCUT2D eigenvalue weighted by Crippen LogP contribution is -2.16. The molecule has 8 heteroatoms. The van der Waals surface area contributed by atoms with Crippen molar-refractivity contribution in [3.63, 3.8) is 0 Å². The van der Waals surface area contributed by atoms with Gasteiger partial charge in [0.1, 0.15) is 18.9 Å². The van der Waals surface area contributed by atoms with Gasteiger partial charge in [-0.2, -0.15) is 5.10 Å². The van der Waals surface area contributed by atoms with Crippen molar-refractivity contribution in [2.75, 3.05) is 25.6 Å². The molecule has 5 rings (SSSR count). The molecule has 33 heavy (non-hydrogen) atoms. The maximum atomic E-state index is 5.84. The number of ether oxygens (including phenoxy) is 3. The van der Waals surface area contributed by atoms with E-state index >= 15 is 0 Å². The Hall–Kier alpha value is -4.04. The van der Waals surface area contributed by atoms with Gasteiger partial charge in [-0.1, -0.05) is 18.2 Å². The average molecular weight is 444 g/mol. The Morgan fingerprint density at radius 2 is 1.91 bits per heavy atom. The zero-order valence-corrected chi connectivity index (χ0v) is 18.3. The Balaban J connectivity index is 1.32. The average Bonchev–Trinajstić information content (AvgIpc) is 3.38. The molecule has 0 atom stereocenters. The maximum absolute atomic E-state index is 5.84. The predicted molar refractivity (Wildman–Crippen MR) is 126 cm³/mol. The van der Waals surface area contributed by atoms with Crippen molar-refractivity contribution in [3.05, 3.63) is 78.1 Å². The summed E-state index contributed by atoms with van der Waals surface area (Å²) >= 11 is 0. The SMILES string of the molecule is COc1nc(-c2cccc3c2OCCO3)ccc1Nc1cccc(CNCc2ccn[nH]2)c1. The fourth-order valence-corrected chi connectivity index (χ4v) is 3.76. The van der Waals surface area contributed by atoms with Crippen molar-refractivity contribution in [3.8, 4) is 28.6 Å². The van der Waals surface area contributed by atoms with Gasteiger partial charge in [-0.3, -0.25) is 5.10 Å². The molecule has 0 unspecified atom stereocenters. The highest BCUT2D eigenvalue weighted by Gasteiger charge is 2.18. The number of nitrogens with one attached hydrogen (secondary N) is 3. The molecule has 0 radical (unpaired) electrons. The van der Waals surface area contributed by atoms with Crippen LogP contribution >= 0.6 is 0 Å². The van der Waals surface area contributed by atoms with Crippen LogP contribution in [0.15, 0.2) is 66.9 Å². The highest BCUT2D eigenvalue weighted by molar-refractivity contribution is 5.74. The number of fused-ring (bicyclic) bond motifs is 1. The number of nitrogens with zero attached hydrogens (tertiary/aromatic N) is 2. The molecule has 8 nitrogen and oxygen atoms in total. The summed E-state index contributed by atoms with van der Waals surface area (Å²) in [5.74, 6) is 1.96. The molecule has 4 aromatic rings. The predicted octanol–water partition coefficient (Wildman–Crippen LogP) is 4.28. The summed E-state index contributed by atoms with van der Waals surface area (Å²) < 4.78 is 17.1. The molecule has 0 aliphatic carbocycles. The van der Waals surface area contributed by atoms with Crippen LogP contribution in [-0.4, -0.2) is 35.5 Å². The van der Waals surface area contributed by atoms with E-state index in [4.69, 9.17) is 19.2 Å². The molecule has 3 heterocycles. The Morgan fingerprint density at radius 1 is 1.00 bits per heavy atom. The van der Waals surface area contributed by atoms with Crippen LogP contribution in [-0.2, 0) is 13.1 Å². The topological polar surface area (TPSA) is 93.3 Å². The van der Waals surface area contributed by atoms with E-state index in [1.807, 2.05) is 48.5 Å². The molecule has 2 aromatic carbocycles. The van der Waals surface area contributed by atoms with Gasteiger partial charge in [0.25, 0.3) is 0 Å². The molecule has 3 N–H and O–H groups in total. The molecule has 0 amide bonds. The van der Waals surface area contributed by atoms with Crippen LogP contribution in [0.4, 0.5) is 11.4 Å². The minimum atomic E-state index is 0.504. The Kier molecular flexibility index (Phi) is 6.08. The summed E-state index contributed by atoms with van der Waals surface area (Å²) in [6.45, 7) is 2.54. The highest BCUT2D eigenvalue weighted by Crippen LogP contribution is 2.40. The number of benzene rings is 2. The molecule has 0 bridgehead atoms. The van der Waals surface area contributed by atoms with Gasteiger partial charge >= 0.3 is 0 Å². The minimum absolute atomic E-state index is 0.504. The third kappa shape index (κ3) is 4.75. The van der Waals surface area contributed by atoms with Crippen LogP contribution in [0.2, 0.25) is 0 Å². The molecule has 168 valence electrons. The third-order valence-corrected chi connectivity index (χ3v) is 5.30. The van der Waals surface area contributed by atoms with Crippen LogP contribution in [0.25, 0.3) is 11.3 Å². The summed E-state index contributed by atoms with van der Waals surface area (Å²) in [5, 5.41) is 13.7. The van der Waals surface area contributed by atoms with E-state index in [0.717, 1.165) is 52.7 Å². The number of hydrogen-bond acceptors (Lipinski definition) is 7. The van der Waals surface area contributed by atoms with Crippen molar-refractivity contribution >= 4 is 11.4 Å². The largest absolute Gasteiger partial charge is 0.486 e. The number of para-hydroxylation sites is 1. The van der Waals surface area contributed by atoms with Crippen LogP contribution in [0.3, 0.4) is 0 Å². The van der Waals surface area contributed by atoms with E-state index < -0.39 is 0 Å². The van der Waals surface area contributed by atoms with Gasteiger partial charge in [-0.05, 0) is 48.0 Å². The van der Waals surface area contributed by atoms with Crippen LogP contribution < -0.4 is 24.8 Å². The quantitative estimate of drug-likeness (QED) is 0.374. The standard InChI is InChI=1S/C25H25N5O3/c1-31-25-22(9-8-21(29-25)20-6-3-7-23-24(20)33-13-12-32-23)28-18-5-2-4-17(14-18)15-26-16-19-10-11-27-30-19/h2-11,14,26,28H,12-13,15-16H2,1H3,(H,27,30). The second kappa shape index (κ2) is 9.62. The van der Waals surface area contributed by atoms with Crippen molar-refractivity contribution in [1.29, 1.82) is 0 Å². The monoisotopic (exact) mass is 443 g/mol. The third-order valence-electron chi connectivity index (χ3n) is 5.30. The van der Waals surface area contributed by atoms with Gasteiger partial charge in [-0.25, -0.2) is 4.98 Å². The van der Waals surface area contributed by atoms with E-state index in [9.17, 15) is 0 Å². The fraction of sp³-hybridized carbons (Fsp3) is 0.200. The lowest BCUT2D eigenvalue weighted by atomic mass is 10.1. The lowest BCUT2D eigenvalue weighted by molar-refractivity contribution is 0.172. The summed E-state index contributed by atoms with van der Waals surface area (Å²) in [4.78, 5) is 4.72. The van der Waals surface area contributed by atoms with E-state index in [-0.39, 0.29) is 0 Å². The van der Waals surface area contributed by atoms with Gasteiger partial charge < -0.3 is 24.8 Å². The molecule has 0 spiro atoms. The van der Waals surface area contributed by atoms with Crippen LogP contribution in [0.1, 0.15) is 11.3 Å². The molecular weight excluding hydrogens is 418 g/mol. The fourth-order valence-electron chi connectivity index (χ4n) is 3.76. The van der Waals surface area contributed by atoms with E-state index in [1.165, 1.54) is 0 Å². The summed E-state index contributed by atoms with van der Waals surface area (Å²) in [6.07, 6.45) is 1.75. The number of methoxy groups -OCH3 is 1. The first kappa shape index (κ1) is 20.8. The normalized spacial score (nSPS) is 12.4. The van der Waals surface area contributed by atoms with Crippen molar-refractivity contribution < 1.29 is 14.2 Å². The molecule has 2 aromatic heterocycles. The first-order chi connectivity index (χ1) is 16.3. The van der Waals surface area contributed by atoms with Gasteiger partial charge in [0.05, 0.1) is 12.8 Å². The second-order valence-electron chi connectivity index (χ2n) is 7.59. The highest BCUT2D eigenvalue weighted by atomic mass is 16.6. The zero-order valence-electron chi connectivity index (χ0n) is 18.3. The summed E-state index contributed by atoms with van der Waals surface area (Å²) in [5.41, 5.74) is 5.59. The number of rotatable bonds is 8. The van der Waals surface area contributed by atoms with Gasteiger partial charge in [0.2, 0.25) is 5.88 Å². The molecule has 0 saturated carbocycles. The number of anilines is 2. The number of hydrogen-bond donors (Lipinski definition) is 3. The van der Waals surface area contributed by atoms with Crippen molar-refractivity contribution in [1.82, 2.24) is 20.5 Å². The van der Waals surface area contributed by atoms with Crippen LogP contribution in [0.5, 0.6) is 17.4 Å². The first-order valence-electron chi connectivity index (χ1n) is 10.8. The maximum Gasteiger partial charge on any atom is 0.238 e. The molecule has 1 aliphatic heterocycles. The number of pyridine rings is 1. The summed E-state index contributed by atoms with van der Waals surface area (Å²) in [6, 6.07) is 19.9. The Labute approximate surface area is 191 Å². The van der Waals surface area contributed by atoms with E-state index in [1.54, 1.807) is 13.3 Å². The smallest absolute Gasteiger partial charge is 0.238 e. The van der Waals surface area contributed by atoms with Crippen molar-refractivity contribution in [2.24, 2.45) is 0 Å². The van der Waals surface area contributed by atoms with Gasteiger partial charge in [0.15, 0.2) is 11.5 Å². The van der Waals surface area contributed by atoms with Crippen LogP contribution in [0, 0.1) is 0 Å².